The van der Waals surface area contributed by atoms with E-state index >= 15 is 0 Å². The number of pyridine rings is 1. The Bertz CT molecular complexity index is 1750. The van der Waals surface area contributed by atoms with E-state index in [1.54, 1.807) is 65.5 Å². The number of hydrogen-bond acceptors (Lipinski definition) is 7. The van der Waals surface area contributed by atoms with Crippen LogP contribution >= 0.6 is 0 Å². The molecule has 2 aromatic heterocycles. The predicted molar refractivity (Wildman–Crippen MR) is 178 cm³/mol. The van der Waals surface area contributed by atoms with Crippen LogP contribution in [0.1, 0.15) is 74.3 Å². The lowest BCUT2D eigenvalue weighted by molar-refractivity contribution is 0.146. The maximum Gasteiger partial charge on any atom is 0.330 e. The van der Waals surface area contributed by atoms with Gasteiger partial charge in [0.05, 0.1) is 16.7 Å². The quantitative estimate of drug-likeness (QED) is 0.155. The average Bonchev–Trinajstić information content (AvgIpc) is 3.45. The maximum absolute atomic E-state index is 13.3. The summed E-state index contributed by atoms with van der Waals surface area (Å²) in [4.78, 5) is 19.8. The summed E-state index contributed by atoms with van der Waals surface area (Å²) in [6.07, 6.45) is 15.6. The highest BCUT2D eigenvalue weighted by molar-refractivity contribution is 7.92. The first-order valence-electron chi connectivity index (χ1n) is 16.4. The van der Waals surface area contributed by atoms with E-state index in [4.69, 9.17) is 4.74 Å². The Morgan fingerprint density at radius 1 is 1.07 bits per heavy atom. The first-order valence-corrected chi connectivity index (χ1v) is 17.8. The number of nitrogens with one attached hydrogen (secondary N) is 3. The number of ether oxygens (including phenoxy) is 1. The van der Waals surface area contributed by atoms with E-state index in [9.17, 15) is 18.3 Å². The number of H-pyrrole nitrogens is 1. The number of nitrogens with zero attached hydrogens (tertiary/aromatic N) is 2. The number of aliphatic hydroxyl groups is 1. The van der Waals surface area contributed by atoms with Crippen LogP contribution in [-0.4, -0.2) is 47.3 Å². The van der Waals surface area contributed by atoms with Gasteiger partial charge in [-0.2, -0.15) is 0 Å². The molecule has 2 atom stereocenters. The van der Waals surface area contributed by atoms with Crippen molar-refractivity contribution >= 4 is 15.7 Å². The number of aliphatic hydroxyl groups excluding tert-OH is 1. The molecule has 0 radical (unpaired) electrons. The number of benzene rings is 2. The number of aryl methyl sites for hydroxylation is 2. The second-order valence-corrected chi connectivity index (χ2v) is 14.2. The summed E-state index contributed by atoms with van der Waals surface area (Å²) in [6, 6.07) is 15.4. The van der Waals surface area contributed by atoms with Crippen molar-refractivity contribution in [2.75, 3.05) is 17.8 Å². The maximum atomic E-state index is 13.3. The van der Waals surface area contributed by atoms with Crippen molar-refractivity contribution in [1.82, 2.24) is 19.9 Å². The van der Waals surface area contributed by atoms with Crippen LogP contribution < -0.4 is 20.5 Å². The number of sulfonamides is 1. The first kappa shape index (κ1) is 32.0. The second-order valence-electron chi connectivity index (χ2n) is 12.5. The van der Waals surface area contributed by atoms with Crippen LogP contribution in [0, 0.1) is 5.92 Å². The van der Waals surface area contributed by atoms with Gasteiger partial charge in [-0.3, -0.25) is 14.3 Å². The van der Waals surface area contributed by atoms with E-state index in [1.807, 2.05) is 12.3 Å². The third-order valence-corrected chi connectivity index (χ3v) is 10.5. The molecule has 0 bridgehead atoms. The highest BCUT2D eigenvalue weighted by atomic mass is 32.2. The minimum atomic E-state index is -3.84. The third kappa shape index (κ3) is 8.07. The molecule has 1 aliphatic carbocycles. The van der Waals surface area contributed by atoms with Gasteiger partial charge >= 0.3 is 5.69 Å². The Hall–Kier alpha value is -3.93. The standard InChI is InChI=1S/C35H43N5O5S/c41-33(27-9-5-19-36-21-27)23-37-22-31-16-11-26-20-32(17-18-34(26)45-31)46(43,44)39-28-12-14-30(15-13-28)40-24-29(38-35(40)42)10-4-8-25-6-2-1-3-7-25/h5,9,12-15,17-21,24-25,31,33,37,39,41H,1-4,6-8,10-11,16,22-23H2,(H,38,42). The minimum Gasteiger partial charge on any atom is -0.489 e. The van der Waals surface area contributed by atoms with Crippen LogP contribution in [0.15, 0.2) is 82.9 Å². The molecule has 4 N–H and O–H groups in total. The molecule has 11 heteroatoms. The smallest absolute Gasteiger partial charge is 0.330 e. The molecule has 0 amide bonds. The summed E-state index contributed by atoms with van der Waals surface area (Å²) in [5, 5.41) is 13.6. The van der Waals surface area contributed by atoms with Gasteiger partial charge in [-0.05, 0) is 85.7 Å². The van der Waals surface area contributed by atoms with Crippen LogP contribution in [0.25, 0.3) is 5.69 Å². The molecule has 1 saturated carbocycles. The van der Waals surface area contributed by atoms with E-state index < -0.39 is 16.1 Å². The monoisotopic (exact) mass is 645 g/mol. The van der Waals surface area contributed by atoms with Gasteiger partial charge < -0.3 is 20.1 Å². The van der Waals surface area contributed by atoms with Gasteiger partial charge in [-0.15, -0.1) is 0 Å². The van der Waals surface area contributed by atoms with E-state index in [-0.39, 0.29) is 16.7 Å². The normalized spacial score (nSPS) is 17.6. The van der Waals surface area contributed by atoms with E-state index in [0.717, 1.165) is 42.0 Å². The van der Waals surface area contributed by atoms with Crippen molar-refractivity contribution in [1.29, 1.82) is 0 Å². The average molecular weight is 646 g/mol. The first-order chi connectivity index (χ1) is 22.3. The number of anilines is 1. The van der Waals surface area contributed by atoms with E-state index in [2.05, 4.69) is 20.0 Å². The molecule has 46 heavy (non-hydrogen) atoms. The molecule has 1 fully saturated rings. The fourth-order valence-corrected chi connectivity index (χ4v) is 7.64. The molecule has 0 saturated heterocycles. The molecular weight excluding hydrogens is 602 g/mol. The zero-order chi connectivity index (χ0) is 31.9. The largest absolute Gasteiger partial charge is 0.489 e. The van der Waals surface area contributed by atoms with Crippen molar-refractivity contribution in [3.8, 4) is 11.4 Å². The zero-order valence-corrected chi connectivity index (χ0v) is 26.8. The summed E-state index contributed by atoms with van der Waals surface area (Å²) < 4.78 is 36.9. The Morgan fingerprint density at radius 2 is 1.89 bits per heavy atom. The summed E-state index contributed by atoms with van der Waals surface area (Å²) in [6.45, 7) is 0.941. The van der Waals surface area contributed by atoms with E-state index in [1.165, 1.54) is 38.5 Å². The second kappa shape index (κ2) is 14.7. The highest BCUT2D eigenvalue weighted by Gasteiger charge is 2.23. The Morgan fingerprint density at radius 3 is 2.67 bits per heavy atom. The number of rotatable bonds is 13. The summed E-state index contributed by atoms with van der Waals surface area (Å²) in [5.41, 5.74) is 3.40. The third-order valence-electron chi connectivity index (χ3n) is 9.10. The molecule has 4 aromatic rings. The molecule has 1 aliphatic heterocycles. The molecule has 3 heterocycles. The Labute approximate surface area is 270 Å². The number of aromatic amines is 1. The van der Waals surface area contributed by atoms with Gasteiger partial charge in [0.2, 0.25) is 0 Å². The molecule has 6 rings (SSSR count). The molecule has 2 aliphatic rings. The molecular formula is C35H43N5O5S. The molecule has 2 aromatic carbocycles. The topological polar surface area (TPSA) is 138 Å². The van der Waals surface area contributed by atoms with Crippen LogP contribution in [0.3, 0.4) is 0 Å². The van der Waals surface area contributed by atoms with Gasteiger partial charge in [0.1, 0.15) is 11.9 Å². The molecule has 2 unspecified atom stereocenters. The van der Waals surface area contributed by atoms with Crippen LogP contribution in [-0.2, 0) is 22.9 Å². The van der Waals surface area contributed by atoms with Gasteiger partial charge in [0.25, 0.3) is 10.0 Å². The lowest BCUT2D eigenvalue weighted by Crippen LogP contribution is -2.36. The highest BCUT2D eigenvalue weighted by Crippen LogP contribution is 2.31. The van der Waals surface area contributed by atoms with Crippen molar-refractivity contribution in [2.45, 2.75) is 81.3 Å². The summed E-state index contributed by atoms with van der Waals surface area (Å²) >= 11 is 0. The molecule has 244 valence electrons. The van der Waals surface area contributed by atoms with Crippen LogP contribution in [0.5, 0.6) is 5.75 Å². The van der Waals surface area contributed by atoms with E-state index in [0.29, 0.717) is 36.6 Å². The van der Waals surface area contributed by atoms with Crippen molar-refractivity contribution in [2.24, 2.45) is 5.92 Å². The van der Waals surface area contributed by atoms with Gasteiger partial charge in [-0.1, -0.05) is 44.6 Å². The minimum absolute atomic E-state index is 0.0853. The Balaban J connectivity index is 1.01. The number of hydrogen-bond donors (Lipinski definition) is 4. The zero-order valence-electron chi connectivity index (χ0n) is 26.0. The molecule has 10 nitrogen and oxygen atoms in total. The lowest BCUT2D eigenvalue weighted by Gasteiger charge is -2.27. The van der Waals surface area contributed by atoms with Crippen LogP contribution in [0.4, 0.5) is 5.69 Å². The van der Waals surface area contributed by atoms with Crippen LogP contribution in [0.2, 0.25) is 0 Å². The lowest BCUT2D eigenvalue weighted by atomic mass is 9.86. The fourth-order valence-electron chi connectivity index (χ4n) is 6.53. The number of aromatic nitrogens is 3. The van der Waals surface area contributed by atoms with Gasteiger partial charge in [-0.25, -0.2) is 13.2 Å². The summed E-state index contributed by atoms with van der Waals surface area (Å²) in [5.74, 6) is 1.48. The fraction of sp³-hybridized carbons (Fsp3) is 0.429. The van der Waals surface area contributed by atoms with Crippen molar-refractivity contribution in [3.63, 3.8) is 0 Å². The molecule has 0 spiro atoms. The van der Waals surface area contributed by atoms with Crippen molar-refractivity contribution < 1.29 is 18.3 Å². The summed E-state index contributed by atoms with van der Waals surface area (Å²) in [7, 11) is -3.84. The SMILES string of the molecule is O=c1[nH]c(CCCC2CCCCC2)cn1-c1ccc(NS(=O)(=O)c2ccc3c(c2)CCC(CNCC(O)c2cccnc2)O3)cc1. The van der Waals surface area contributed by atoms with Crippen molar-refractivity contribution in [3.05, 3.63) is 100 Å². The Kier molecular flexibility index (Phi) is 10.2. The van der Waals surface area contributed by atoms with Gasteiger partial charge in [0.15, 0.2) is 0 Å². The predicted octanol–water partition coefficient (Wildman–Crippen LogP) is 5.28. The number of fused-ring (bicyclic) bond motifs is 1. The number of imidazole rings is 1. The van der Waals surface area contributed by atoms with Gasteiger partial charge in [0, 0.05) is 48.6 Å².